The third kappa shape index (κ3) is 4.55. The second kappa shape index (κ2) is 7.50. The molecule has 1 aromatic carbocycles. The van der Waals surface area contributed by atoms with E-state index in [-0.39, 0.29) is 18.8 Å². The number of hydrogen-bond donors (Lipinski definition) is 1. The van der Waals surface area contributed by atoms with Gasteiger partial charge in [0.2, 0.25) is 0 Å². The average Bonchev–Trinajstić information content (AvgIpc) is 2.39. The highest BCUT2D eigenvalue weighted by molar-refractivity contribution is 5.85. The molecule has 0 saturated carbocycles. The lowest BCUT2D eigenvalue weighted by atomic mass is 10.1. The van der Waals surface area contributed by atoms with Crippen molar-refractivity contribution in [3.63, 3.8) is 0 Å². The topological polar surface area (TPSA) is 59.4 Å². The smallest absolute Gasteiger partial charge is 0.307 e. The summed E-state index contributed by atoms with van der Waals surface area (Å²) < 4.78 is 5.65. The number of aryl methyl sites for hydroxylation is 1. The summed E-state index contributed by atoms with van der Waals surface area (Å²) in [6.07, 6.45) is 1.78. The fourth-order valence-corrected chi connectivity index (χ4v) is 1.71. The number of aliphatic carboxylic acids is 1. The average molecular weight is 294 g/mol. The van der Waals surface area contributed by atoms with Gasteiger partial charge in [-0.15, -0.1) is 12.4 Å². The van der Waals surface area contributed by atoms with Gasteiger partial charge in [0.15, 0.2) is 0 Å². The molecule has 0 atom stereocenters. The molecule has 0 bridgehead atoms. The van der Waals surface area contributed by atoms with Crippen molar-refractivity contribution in [2.75, 3.05) is 0 Å². The Hall–Kier alpha value is -2.07. The summed E-state index contributed by atoms with van der Waals surface area (Å²) in [6.45, 7) is 2.40. The normalized spacial score (nSPS) is 9.65. The summed E-state index contributed by atoms with van der Waals surface area (Å²) >= 11 is 0. The molecular formula is C15H16ClNO3. The minimum atomic E-state index is -0.834. The highest BCUT2D eigenvalue weighted by Gasteiger charge is 2.02. The van der Waals surface area contributed by atoms with Gasteiger partial charge in [-0.05, 0) is 30.7 Å². The van der Waals surface area contributed by atoms with Gasteiger partial charge in [0.1, 0.15) is 12.4 Å². The second-order valence-corrected chi connectivity index (χ2v) is 4.25. The molecule has 106 valence electrons. The van der Waals surface area contributed by atoms with Crippen LogP contribution >= 0.6 is 12.4 Å². The molecule has 1 N–H and O–H groups in total. The predicted molar refractivity (Wildman–Crippen MR) is 78.3 cm³/mol. The number of ether oxygens (including phenoxy) is 1. The Bertz CT molecular complexity index is 570. The number of nitrogens with zero attached hydrogens (tertiary/aromatic N) is 1. The number of rotatable bonds is 5. The van der Waals surface area contributed by atoms with Crippen molar-refractivity contribution < 1.29 is 14.6 Å². The van der Waals surface area contributed by atoms with E-state index < -0.39 is 5.97 Å². The first kappa shape index (κ1) is 16.0. The Kier molecular flexibility index (Phi) is 6.00. The van der Waals surface area contributed by atoms with Gasteiger partial charge >= 0.3 is 5.97 Å². The number of hydrogen-bond acceptors (Lipinski definition) is 3. The molecule has 0 aliphatic rings. The first-order chi connectivity index (χ1) is 9.15. The molecule has 5 heteroatoms. The summed E-state index contributed by atoms with van der Waals surface area (Å²) in [5, 5.41) is 8.68. The molecule has 0 amide bonds. The molecule has 1 heterocycles. The van der Waals surface area contributed by atoms with E-state index in [2.05, 4.69) is 4.98 Å². The Morgan fingerprint density at radius 1 is 1.25 bits per heavy atom. The number of carboxylic acids is 1. The molecule has 0 unspecified atom stereocenters. The van der Waals surface area contributed by atoms with E-state index in [9.17, 15) is 4.79 Å². The zero-order valence-electron chi connectivity index (χ0n) is 11.1. The van der Waals surface area contributed by atoms with Crippen molar-refractivity contribution in [3.05, 3.63) is 59.4 Å². The van der Waals surface area contributed by atoms with Gasteiger partial charge in [0.25, 0.3) is 0 Å². The third-order valence-electron chi connectivity index (χ3n) is 2.79. The van der Waals surface area contributed by atoms with E-state index in [1.807, 2.05) is 19.1 Å². The van der Waals surface area contributed by atoms with Crippen LogP contribution in [-0.2, 0) is 17.8 Å². The SMILES string of the molecule is Cc1ncccc1COc1ccc(CC(=O)O)cc1.Cl. The van der Waals surface area contributed by atoms with Crippen molar-refractivity contribution in [1.29, 1.82) is 0 Å². The van der Waals surface area contributed by atoms with Crippen LogP contribution in [0, 0.1) is 6.92 Å². The zero-order chi connectivity index (χ0) is 13.7. The molecule has 0 fully saturated rings. The molecule has 0 radical (unpaired) electrons. The van der Waals surface area contributed by atoms with Crippen molar-refractivity contribution in [2.45, 2.75) is 20.0 Å². The maximum Gasteiger partial charge on any atom is 0.307 e. The predicted octanol–water partition coefficient (Wildman–Crippen LogP) is 3.02. The minimum Gasteiger partial charge on any atom is -0.489 e. The molecule has 0 aliphatic heterocycles. The fraction of sp³-hybridized carbons (Fsp3) is 0.200. The van der Waals surface area contributed by atoms with Crippen molar-refractivity contribution in [2.24, 2.45) is 0 Å². The molecule has 2 aromatic rings. The largest absolute Gasteiger partial charge is 0.489 e. The van der Waals surface area contributed by atoms with Crippen LogP contribution in [0.2, 0.25) is 0 Å². The molecule has 20 heavy (non-hydrogen) atoms. The maximum absolute atomic E-state index is 10.6. The van der Waals surface area contributed by atoms with Crippen LogP contribution in [-0.4, -0.2) is 16.1 Å². The van der Waals surface area contributed by atoms with E-state index in [1.54, 1.807) is 30.5 Å². The quantitative estimate of drug-likeness (QED) is 0.920. The molecule has 0 spiro atoms. The summed E-state index contributed by atoms with van der Waals surface area (Å²) in [7, 11) is 0. The lowest BCUT2D eigenvalue weighted by Crippen LogP contribution is -2.01. The van der Waals surface area contributed by atoms with E-state index >= 15 is 0 Å². The molecule has 0 aliphatic carbocycles. The third-order valence-corrected chi connectivity index (χ3v) is 2.79. The lowest BCUT2D eigenvalue weighted by molar-refractivity contribution is -0.136. The monoisotopic (exact) mass is 293 g/mol. The van der Waals surface area contributed by atoms with Gasteiger partial charge in [0, 0.05) is 17.5 Å². The van der Waals surface area contributed by atoms with E-state index in [4.69, 9.17) is 9.84 Å². The molecule has 0 saturated heterocycles. The number of pyridine rings is 1. The number of benzene rings is 1. The Labute approximate surface area is 123 Å². The summed E-state index contributed by atoms with van der Waals surface area (Å²) in [5.41, 5.74) is 2.75. The zero-order valence-corrected chi connectivity index (χ0v) is 11.9. The van der Waals surface area contributed by atoms with Crippen molar-refractivity contribution in [3.8, 4) is 5.75 Å². The highest BCUT2D eigenvalue weighted by Crippen LogP contribution is 2.15. The number of carbonyl (C=O) groups is 1. The van der Waals surface area contributed by atoms with Gasteiger partial charge in [-0.1, -0.05) is 18.2 Å². The maximum atomic E-state index is 10.6. The van der Waals surface area contributed by atoms with Gasteiger partial charge in [-0.3, -0.25) is 9.78 Å². The van der Waals surface area contributed by atoms with Gasteiger partial charge in [0.05, 0.1) is 6.42 Å². The Balaban J connectivity index is 0.00000200. The van der Waals surface area contributed by atoms with Crippen LogP contribution < -0.4 is 4.74 Å². The van der Waals surface area contributed by atoms with Crippen molar-refractivity contribution in [1.82, 2.24) is 4.98 Å². The first-order valence-corrected chi connectivity index (χ1v) is 5.99. The second-order valence-electron chi connectivity index (χ2n) is 4.25. The van der Waals surface area contributed by atoms with Crippen LogP contribution in [0.1, 0.15) is 16.8 Å². The van der Waals surface area contributed by atoms with E-state index in [1.165, 1.54) is 0 Å². The number of halogens is 1. The summed E-state index contributed by atoms with van der Waals surface area (Å²) in [4.78, 5) is 14.8. The number of aromatic nitrogens is 1. The van der Waals surface area contributed by atoms with E-state index in [0.29, 0.717) is 6.61 Å². The van der Waals surface area contributed by atoms with Crippen LogP contribution in [0.15, 0.2) is 42.6 Å². The Morgan fingerprint density at radius 3 is 2.55 bits per heavy atom. The lowest BCUT2D eigenvalue weighted by Gasteiger charge is -2.08. The molecule has 1 aromatic heterocycles. The molecule has 4 nitrogen and oxygen atoms in total. The van der Waals surface area contributed by atoms with Crippen LogP contribution in [0.3, 0.4) is 0 Å². The van der Waals surface area contributed by atoms with Crippen LogP contribution in [0.5, 0.6) is 5.75 Å². The van der Waals surface area contributed by atoms with Crippen LogP contribution in [0.4, 0.5) is 0 Å². The van der Waals surface area contributed by atoms with Gasteiger partial charge in [-0.2, -0.15) is 0 Å². The first-order valence-electron chi connectivity index (χ1n) is 5.99. The standard InChI is InChI=1S/C15H15NO3.ClH/c1-11-13(3-2-8-16-11)10-19-14-6-4-12(5-7-14)9-15(17)18;/h2-8H,9-10H2,1H3,(H,17,18);1H. The minimum absolute atomic E-state index is 0. The van der Waals surface area contributed by atoms with Crippen LogP contribution in [0.25, 0.3) is 0 Å². The number of carboxylic acid groups (broad SMARTS) is 1. The van der Waals surface area contributed by atoms with Gasteiger partial charge in [-0.25, -0.2) is 0 Å². The fourth-order valence-electron chi connectivity index (χ4n) is 1.71. The van der Waals surface area contributed by atoms with Crippen molar-refractivity contribution >= 4 is 18.4 Å². The summed E-state index contributed by atoms with van der Waals surface area (Å²) in [6, 6.07) is 10.9. The molecule has 2 rings (SSSR count). The Morgan fingerprint density at radius 2 is 1.95 bits per heavy atom. The van der Waals surface area contributed by atoms with E-state index in [0.717, 1.165) is 22.6 Å². The summed E-state index contributed by atoms with van der Waals surface area (Å²) in [5.74, 6) is -0.114. The van der Waals surface area contributed by atoms with Gasteiger partial charge < -0.3 is 9.84 Å². The highest BCUT2D eigenvalue weighted by atomic mass is 35.5. The molecular weight excluding hydrogens is 278 g/mol.